The van der Waals surface area contributed by atoms with Crippen LogP contribution in [-0.4, -0.2) is 81.7 Å². The molecule has 0 fully saturated rings. The fourth-order valence-corrected chi connectivity index (χ4v) is 4.76. The quantitative estimate of drug-likeness (QED) is 0.205. The van der Waals surface area contributed by atoms with Gasteiger partial charge in [-0.1, -0.05) is 92.3 Å². The Morgan fingerprint density at radius 1 is 0.838 bits per heavy atom. The van der Waals surface area contributed by atoms with Gasteiger partial charge in [-0.2, -0.15) is 0 Å². The predicted molar refractivity (Wildman–Crippen MR) is 172 cm³/mol. The molecule has 1 aromatic carbocycles. The van der Waals surface area contributed by atoms with Crippen LogP contribution in [0.1, 0.15) is 87.1 Å². The Kier molecular flexibility index (Phi) is 21.6. The van der Waals surface area contributed by atoms with E-state index in [1.165, 1.54) is 16.0 Å². The van der Waals surface area contributed by atoms with Crippen LogP contribution < -0.4 is 10.3 Å². The first kappa shape index (κ1) is 38.2. The van der Waals surface area contributed by atoms with Gasteiger partial charge in [0.15, 0.2) is 0 Å². The summed E-state index contributed by atoms with van der Waals surface area (Å²) in [7, 11) is 6.11. The van der Waals surface area contributed by atoms with Crippen LogP contribution >= 0.6 is 24.4 Å². The van der Waals surface area contributed by atoms with E-state index in [-0.39, 0.29) is 5.43 Å². The Labute approximate surface area is 239 Å². The number of hydrogen-bond donors (Lipinski definition) is 0. The number of anilines is 1. The highest BCUT2D eigenvalue weighted by Gasteiger charge is 2.23. The zero-order valence-electron chi connectivity index (χ0n) is 26.3. The lowest BCUT2D eigenvalue weighted by Crippen LogP contribution is -2.33. The molecule has 0 radical (unpaired) electrons. The molecule has 1 aromatic rings. The number of rotatable bonds is 12. The summed E-state index contributed by atoms with van der Waals surface area (Å²) in [6.07, 6.45) is 1.07. The van der Waals surface area contributed by atoms with Gasteiger partial charge in [-0.05, 0) is 58.1 Å². The van der Waals surface area contributed by atoms with E-state index in [1.54, 1.807) is 0 Å². The maximum Gasteiger partial charge on any atom is 0.220 e. The van der Waals surface area contributed by atoms with Crippen LogP contribution in [0.15, 0.2) is 15.9 Å². The van der Waals surface area contributed by atoms with Crippen molar-refractivity contribution >= 4 is 35.0 Å². The summed E-state index contributed by atoms with van der Waals surface area (Å²) in [5.41, 5.74) is 4.74. The van der Waals surface area contributed by atoms with Gasteiger partial charge in [0.05, 0.1) is 23.4 Å². The minimum absolute atomic E-state index is 0.0110. The van der Waals surface area contributed by atoms with Gasteiger partial charge < -0.3 is 19.4 Å². The molecule has 5 nitrogen and oxygen atoms in total. The monoisotopic (exact) mass is 555 g/mol. The van der Waals surface area contributed by atoms with Crippen molar-refractivity contribution in [1.29, 1.82) is 0 Å². The van der Waals surface area contributed by atoms with Gasteiger partial charge in [0.2, 0.25) is 5.43 Å². The molecule has 0 aromatic heterocycles. The molecule has 0 atom stereocenters. The molecule has 0 saturated heterocycles. The van der Waals surface area contributed by atoms with E-state index in [9.17, 15) is 4.79 Å². The number of allylic oxidation sites excluding steroid dienone is 2. The summed E-state index contributed by atoms with van der Waals surface area (Å²) in [4.78, 5) is 19.5. The van der Waals surface area contributed by atoms with E-state index in [0.717, 1.165) is 57.0 Å². The lowest BCUT2D eigenvalue weighted by atomic mass is 9.82. The molecule has 1 aliphatic rings. The van der Waals surface area contributed by atoms with E-state index in [0.29, 0.717) is 23.0 Å². The van der Waals surface area contributed by atoms with Crippen molar-refractivity contribution < 1.29 is 4.74 Å². The Hall–Kier alpha value is -0.990. The van der Waals surface area contributed by atoms with E-state index in [1.807, 2.05) is 25.8 Å². The molecule has 0 bridgehead atoms. The number of likely N-dealkylation sites (N-methyl/N-ethyl adjacent to an activating group) is 2. The minimum atomic E-state index is 0.0110. The van der Waals surface area contributed by atoms with Crippen LogP contribution in [0.25, 0.3) is 0 Å². The number of hydrogen-bond acceptors (Lipinski definition) is 7. The Balaban J connectivity index is 0. The van der Waals surface area contributed by atoms with E-state index < -0.39 is 0 Å². The van der Waals surface area contributed by atoms with Gasteiger partial charge in [-0.25, -0.2) is 0 Å². The minimum Gasteiger partial charge on any atom is -0.378 e. The third kappa shape index (κ3) is 13.6. The number of nitrogens with zero attached hydrogens (tertiary/aromatic N) is 3. The molecule has 0 N–H and O–H groups in total. The van der Waals surface area contributed by atoms with Crippen LogP contribution in [0.4, 0.5) is 5.69 Å². The molecule has 216 valence electrons. The van der Waals surface area contributed by atoms with Crippen molar-refractivity contribution in [1.82, 2.24) is 9.80 Å². The Morgan fingerprint density at radius 3 is 1.65 bits per heavy atom. The molecular weight excluding hydrogens is 498 g/mol. The molecule has 7 heteroatoms. The molecule has 0 heterocycles. The molecule has 0 amide bonds. The first-order valence-electron chi connectivity index (χ1n) is 14.1. The zero-order chi connectivity index (χ0) is 29.3. The second-order valence-electron chi connectivity index (χ2n) is 9.94. The number of ether oxygens (including phenoxy) is 1. The van der Waals surface area contributed by atoms with Crippen molar-refractivity contribution in [2.24, 2.45) is 5.92 Å². The first-order chi connectivity index (χ1) is 17.3. The molecule has 1 aliphatic carbocycles. The third-order valence-electron chi connectivity index (χ3n) is 6.45. The van der Waals surface area contributed by atoms with Crippen molar-refractivity contribution in [3.8, 4) is 0 Å². The molecule has 0 saturated carbocycles. The largest absolute Gasteiger partial charge is 0.378 e. The van der Waals surface area contributed by atoms with Crippen LogP contribution in [0.3, 0.4) is 0 Å². The highest BCUT2D eigenvalue weighted by Crippen LogP contribution is 2.30. The summed E-state index contributed by atoms with van der Waals surface area (Å²) in [5.74, 6) is 0.947. The summed E-state index contributed by atoms with van der Waals surface area (Å²) < 4.78 is 6.11. The lowest BCUT2D eigenvalue weighted by Gasteiger charge is -2.25. The van der Waals surface area contributed by atoms with Crippen molar-refractivity contribution in [3.05, 3.63) is 31.4 Å². The van der Waals surface area contributed by atoms with Crippen molar-refractivity contribution in [2.45, 2.75) is 81.6 Å². The van der Waals surface area contributed by atoms with Gasteiger partial charge in [-0.15, -0.1) is 0 Å². The zero-order valence-corrected chi connectivity index (χ0v) is 27.9. The topological polar surface area (TPSA) is 36.0 Å². The molecule has 2 rings (SSSR count). The summed E-state index contributed by atoms with van der Waals surface area (Å²) in [5, 5.41) is 0. The normalized spacial score (nSPS) is 12.7. The SMILES string of the molecule is CC.CC1=C(C(C)C)C(=S)C1.CCN(C)CC.CCN(C)CCOCCN(C)c1c(C(C)C)c(=S)c1=O. The molecular formula is C30H57N3O2S2. The molecule has 0 aliphatic heterocycles. The molecule has 0 spiro atoms. The highest BCUT2D eigenvalue weighted by molar-refractivity contribution is 7.81. The van der Waals surface area contributed by atoms with E-state index in [4.69, 9.17) is 29.2 Å². The molecule has 37 heavy (non-hydrogen) atoms. The summed E-state index contributed by atoms with van der Waals surface area (Å²) in [6, 6.07) is 0. The van der Waals surface area contributed by atoms with Gasteiger partial charge >= 0.3 is 0 Å². The fourth-order valence-electron chi connectivity index (χ4n) is 3.71. The second-order valence-corrected chi connectivity index (χ2v) is 10.8. The van der Waals surface area contributed by atoms with E-state index in [2.05, 4.69) is 79.3 Å². The van der Waals surface area contributed by atoms with Crippen molar-refractivity contribution in [2.75, 3.05) is 72.0 Å². The average molecular weight is 556 g/mol. The second kappa shape index (κ2) is 20.9. The first-order valence-corrected chi connectivity index (χ1v) is 14.9. The van der Waals surface area contributed by atoms with Crippen molar-refractivity contribution in [3.63, 3.8) is 0 Å². The summed E-state index contributed by atoms with van der Waals surface area (Å²) >= 11 is 10.2. The smallest absolute Gasteiger partial charge is 0.220 e. The lowest BCUT2D eigenvalue weighted by molar-refractivity contribution is 0.118. The van der Waals surface area contributed by atoms with Gasteiger partial charge in [0.1, 0.15) is 0 Å². The average Bonchev–Trinajstić information content (AvgIpc) is 2.86. The maximum atomic E-state index is 11.8. The Morgan fingerprint density at radius 2 is 1.32 bits per heavy atom. The van der Waals surface area contributed by atoms with Gasteiger partial charge in [0, 0.05) is 37.0 Å². The fraction of sp³-hybridized carbons (Fsp3) is 0.767. The van der Waals surface area contributed by atoms with Crippen LogP contribution in [0.2, 0.25) is 0 Å². The third-order valence-corrected chi connectivity index (χ3v) is 7.22. The van der Waals surface area contributed by atoms with Crippen LogP contribution in [0.5, 0.6) is 0 Å². The highest BCUT2D eigenvalue weighted by atomic mass is 32.1. The summed E-state index contributed by atoms with van der Waals surface area (Å²) in [6.45, 7) is 27.5. The maximum absolute atomic E-state index is 11.8. The van der Waals surface area contributed by atoms with Gasteiger partial charge in [0.25, 0.3) is 0 Å². The van der Waals surface area contributed by atoms with Gasteiger partial charge in [-0.3, -0.25) is 4.79 Å². The van der Waals surface area contributed by atoms with Crippen LogP contribution in [0, 0.1) is 10.4 Å². The predicted octanol–water partition coefficient (Wildman–Crippen LogP) is 6.90. The van der Waals surface area contributed by atoms with Crippen LogP contribution in [-0.2, 0) is 4.74 Å². The standard InChI is InChI=1S/C15H26N2O2S.C8H12S.C5H13N.C2H6/c1-6-16(4)7-9-19-10-8-17(5)13-12(11(2)3)15(20)14(13)18;1-5(2)8-6(3)4-7(8)9;1-4-6(3)5-2;1-2/h11H,6-10H2,1-5H3;5H,4H2,1-3H3;4-5H2,1-3H3;1-2H3. The molecule has 0 unspecified atom stereocenters. The number of thiocarbonyl (C=S) groups is 1. The Bertz CT molecular complexity index is 867. The van der Waals surface area contributed by atoms with E-state index >= 15 is 0 Å².